The van der Waals surface area contributed by atoms with Crippen LogP contribution in [0.25, 0.3) is 0 Å². The molecular formula is C8H12N4. The Hall–Kier alpha value is -1.37. The van der Waals surface area contributed by atoms with Crippen molar-refractivity contribution in [2.45, 2.75) is 32.7 Å². The van der Waals surface area contributed by atoms with Crippen molar-refractivity contribution < 1.29 is 0 Å². The molecule has 0 radical (unpaired) electrons. The first kappa shape index (κ1) is 8.72. The van der Waals surface area contributed by atoms with E-state index in [0.717, 1.165) is 5.69 Å². The van der Waals surface area contributed by atoms with Gasteiger partial charge in [0, 0.05) is 5.41 Å². The Bertz CT molecular complexity index is 300. The molecule has 4 heteroatoms. The summed E-state index contributed by atoms with van der Waals surface area (Å²) >= 11 is 0. The maximum atomic E-state index is 8.49. The number of nitriles is 1. The monoisotopic (exact) mass is 164 g/mol. The lowest BCUT2D eigenvalue weighted by Gasteiger charge is -2.17. The molecule has 0 saturated heterocycles. The molecule has 1 rings (SSSR count). The minimum absolute atomic E-state index is 0.000347. The summed E-state index contributed by atoms with van der Waals surface area (Å²) in [7, 11) is 0. The Kier molecular flexibility index (Phi) is 2.13. The average Bonchev–Trinajstić information content (AvgIpc) is 2.34. The van der Waals surface area contributed by atoms with Gasteiger partial charge in [-0.05, 0) is 0 Å². The number of aromatic nitrogens is 3. The zero-order valence-corrected chi connectivity index (χ0v) is 7.57. The van der Waals surface area contributed by atoms with E-state index in [1.54, 1.807) is 10.9 Å². The van der Waals surface area contributed by atoms with Crippen LogP contribution in [0.4, 0.5) is 0 Å². The van der Waals surface area contributed by atoms with E-state index in [-0.39, 0.29) is 12.0 Å². The van der Waals surface area contributed by atoms with Crippen LogP contribution in [0.1, 0.15) is 26.5 Å². The summed E-state index contributed by atoms with van der Waals surface area (Å²) in [5.74, 6) is 0. The van der Waals surface area contributed by atoms with Crippen molar-refractivity contribution in [1.82, 2.24) is 15.0 Å². The summed E-state index contributed by atoms with van der Waals surface area (Å²) in [6, 6.07) is 2.04. The molecule has 12 heavy (non-hydrogen) atoms. The molecule has 0 spiro atoms. The highest BCUT2D eigenvalue weighted by atomic mass is 15.4. The van der Waals surface area contributed by atoms with E-state index < -0.39 is 0 Å². The van der Waals surface area contributed by atoms with Gasteiger partial charge >= 0.3 is 0 Å². The molecule has 0 aliphatic heterocycles. The fraction of sp³-hybridized carbons (Fsp3) is 0.625. The first-order valence-corrected chi connectivity index (χ1v) is 3.81. The van der Waals surface area contributed by atoms with Crippen molar-refractivity contribution >= 4 is 0 Å². The first-order valence-electron chi connectivity index (χ1n) is 3.81. The van der Waals surface area contributed by atoms with Crippen molar-refractivity contribution in [3.63, 3.8) is 0 Å². The maximum absolute atomic E-state index is 8.49. The molecule has 64 valence electrons. The third-order valence-electron chi connectivity index (χ3n) is 1.61. The topological polar surface area (TPSA) is 54.5 Å². The summed E-state index contributed by atoms with van der Waals surface area (Å²) in [6.07, 6.45) is 1.71. The smallest absolute Gasteiger partial charge is 0.130 e. The molecule has 0 fully saturated rings. The standard InChI is InChI=1S/C8H12N4/c1-8(2,3)7-6-10-11-12(7)5-4-9/h6H,5H2,1-3H3. The highest BCUT2D eigenvalue weighted by Gasteiger charge is 2.19. The second kappa shape index (κ2) is 2.94. The van der Waals surface area contributed by atoms with Crippen LogP contribution in [0.5, 0.6) is 0 Å². The van der Waals surface area contributed by atoms with Gasteiger partial charge in [-0.15, -0.1) is 5.10 Å². The molecular weight excluding hydrogens is 152 g/mol. The van der Waals surface area contributed by atoms with Crippen molar-refractivity contribution in [3.8, 4) is 6.07 Å². The van der Waals surface area contributed by atoms with E-state index >= 15 is 0 Å². The molecule has 0 amide bonds. The van der Waals surface area contributed by atoms with Gasteiger partial charge in [-0.1, -0.05) is 26.0 Å². The Balaban J connectivity index is 3.01. The Labute approximate surface area is 71.8 Å². The Morgan fingerprint density at radius 3 is 2.75 bits per heavy atom. The third kappa shape index (κ3) is 1.62. The van der Waals surface area contributed by atoms with Crippen LogP contribution in [0.3, 0.4) is 0 Å². The van der Waals surface area contributed by atoms with Gasteiger partial charge in [0.1, 0.15) is 6.54 Å². The Morgan fingerprint density at radius 2 is 2.25 bits per heavy atom. The van der Waals surface area contributed by atoms with Crippen molar-refractivity contribution in [2.24, 2.45) is 0 Å². The number of hydrogen-bond acceptors (Lipinski definition) is 3. The first-order chi connectivity index (χ1) is 5.55. The predicted molar refractivity (Wildman–Crippen MR) is 44.3 cm³/mol. The van der Waals surface area contributed by atoms with Gasteiger partial charge in [0.2, 0.25) is 0 Å². The number of hydrogen-bond donors (Lipinski definition) is 0. The summed E-state index contributed by atoms with van der Waals surface area (Å²) in [5.41, 5.74) is 0.990. The molecule has 0 aromatic carbocycles. The molecule has 1 aromatic rings. The van der Waals surface area contributed by atoms with Crippen LogP contribution in [0, 0.1) is 11.3 Å². The molecule has 0 unspecified atom stereocenters. The predicted octanol–water partition coefficient (Wildman–Crippen LogP) is 1.10. The fourth-order valence-electron chi connectivity index (χ4n) is 1.02. The van der Waals surface area contributed by atoms with Crippen LogP contribution in [0.15, 0.2) is 6.20 Å². The van der Waals surface area contributed by atoms with Gasteiger partial charge < -0.3 is 0 Å². The molecule has 0 N–H and O–H groups in total. The fourth-order valence-corrected chi connectivity index (χ4v) is 1.02. The summed E-state index contributed by atoms with van der Waals surface area (Å²) in [4.78, 5) is 0. The molecule has 0 saturated carbocycles. The van der Waals surface area contributed by atoms with E-state index in [0.29, 0.717) is 0 Å². The third-order valence-corrected chi connectivity index (χ3v) is 1.61. The van der Waals surface area contributed by atoms with Crippen molar-refractivity contribution in [1.29, 1.82) is 5.26 Å². The minimum Gasteiger partial charge on any atom is -0.235 e. The summed E-state index contributed by atoms with van der Waals surface area (Å²) in [6.45, 7) is 6.48. The lowest BCUT2D eigenvalue weighted by molar-refractivity contribution is 0.507. The van der Waals surface area contributed by atoms with Crippen molar-refractivity contribution in [3.05, 3.63) is 11.9 Å². The van der Waals surface area contributed by atoms with Crippen LogP contribution in [0.2, 0.25) is 0 Å². The number of nitrogens with zero attached hydrogens (tertiary/aromatic N) is 4. The quantitative estimate of drug-likeness (QED) is 0.624. The molecule has 1 aromatic heterocycles. The van der Waals surface area contributed by atoms with Gasteiger partial charge in [0.25, 0.3) is 0 Å². The minimum atomic E-state index is 0.000347. The Morgan fingerprint density at radius 1 is 1.58 bits per heavy atom. The highest BCUT2D eigenvalue weighted by Crippen LogP contribution is 2.20. The SMILES string of the molecule is CC(C)(C)c1cnnn1CC#N. The second-order valence-corrected chi connectivity index (χ2v) is 3.69. The van der Waals surface area contributed by atoms with Crippen LogP contribution in [-0.2, 0) is 12.0 Å². The zero-order valence-electron chi connectivity index (χ0n) is 7.57. The van der Waals surface area contributed by atoms with Gasteiger partial charge in [-0.3, -0.25) is 0 Å². The summed E-state index contributed by atoms with van der Waals surface area (Å²) in [5, 5.41) is 16.1. The summed E-state index contributed by atoms with van der Waals surface area (Å²) < 4.78 is 1.62. The van der Waals surface area contributed by atoms with Crippen LogP contribution in [-0.4, -0.2) is 15.0 Å². The molecule has 0 aliphatic rings. The molecule has 0 aliphatic carbocycles. The van der Waals surface area contributed by atoms with Gasteiger partial charge in [-0.25, -0.2) is 4.68 Å². The van der Waals surface area contributed by atoms with E-state index in [1.165, 1.54) is 0 Å². The van der Waals surface area contributed by atoms with E-state index in [4.69, 9.17) is 5.26 Å². The van der Waals surface area contributed by atoms with Crippen molar-refractivity contribution in [2.75, 3.05) is 0 Å². The van der Waals surface area contributed by atoms with Gasteiger partial charge in [0.15, 0.2) is 0 Å². The average molecular weight is 164 g/mol. The normalized spacial score (nSPS) is 11.2. The van der Waals surface area contributed by atoms with Gasteiger partial charge in [-0.2, -0.15) is 5.26 Å². The zero-order chi connectivity index (χ0) is 9.19. The highest BCUT2D eigenvalue weighted by molar-refractivity contribution is 5.08. The lowest BCUT2D eigenvalue weighted by Crippen LogP contribution is -2.18. The van der Waals surface area contributed by atoms with E-state index in [2.05, 4.69) is 31.1 Å². The molecule has 0 bridgehead atoms. The van der Waals surface area contributed by atoms with Gasteiger partial charge in [0.05, 0.1) is 18.0 Å². The number of rotatable bonds is 1. The lowest BCUT2D eigenvalue weighted by atomic mass is 9.93. The maximum Gasteiger partial charge on any atom is 0.130 e. The molecule has 1 heterocycles. The van der Waals surface area contributed by atoms with E-state index in [9.17, 15) is 0 Å². The molecule has 4 nitrogen and oxygen atoms in total. The second-order valence-electron chi connectivity index (χ2n) is 3.69. The van der Waals surface area contributed by atoms with Crippen LogP contribution >= 0.6 is 0 Å². The molecule has 0 atom stereocenters. The largest absolute Gasteiger partial charge is 0.235 e. The van der Waals surface area contributed by atoms with Crippen LogP contribution < -0.4 is 0 Å². The van der Waals surface area contributed by atoms with E-state index in [1.807, 2.05) is 6.07 Å².